The summed E-state index contributed by atoms with van der Waals surface area (Å²) in [6, 6.07) is 6.67. The first-order chi connectivity index (χ1) is 13.0. The van der Waals surface area contributed by atoms with Gasteiger partial charge in [0.15, 0.2) is 5.78 Å². The number of carbonyl (C=O) groups excluding carboxylic acids is 1. The molecule has 1 aliphatic rings. The number of hydrogen-bond acceptors (Lipinski definition) is 7. The molecule has 2 N–H and O–H groups in total. The highest BCUT2D eigenvalue weighted by atomic mass is 35.5. The molecule has 8 nitrogen and oxygen atoms in total. The van der Waals surface area contributed by atoms with Gasteiger partial charge >= 0.3 is 0 Å². The van der Waals surface area contributed by atoms with E-state index in [1.54, 1.807) is 31.3 Å². The number of ketones is 1. The van der Waals surface area contributed by atoms with E-state index in [1.165, 1.54) is 7.05 Å². The van der Waals surface area contributed by atoms with Gasteiger partial charge in [0.2, 0.25) is 16.0 Å². The number of halogens is 1. The fraction of sp³-hybridized carbons (Fsp3) is 0.333. The number of nitrogens with zero attached hydrogens (tertiary/aromatic N) is 4. The predicted octanol–water partition coefficient (Wildman–Crippen LogP) is 1.67. The van der Waals surface area contributed by atoms with E-state index in [9.17, 15) is 13.2 Å². The van der Waals surface area contributed by atoms with Gasteiger partial charge in [0.05, 0.1) is 17.1 Å². The van der Waals surface area contributed by atoms with Crippen LogP contribution < -0.4 is 5.73 Å². The lowest BCUT2D eigenvalue weighted by molar-refractivity contribution is 0.0987. The van der Waals surface area contributed by atoms with Crippen LogP contribution in [0.4, 0.5) is 0 Å². The van der Waals surface area contributed by atoms with E-state index in [-0.39, 0.29) is 34.6 Å². The van der Waals surface area contributed by atoms with Gasteiger partial charge in [-0.3, -0.25) is 14.8 Å². The molecule has 0 aliphatic carbocycles. The minimum absolute atomic E-state index is 0.00214. The number of aryl methyl sites for hydroxylation is 1. The molecular weight excluding hydrogens is 402 g/mol. The Bertz CT molecular complexity index is 1070. The second kappa shape index (κ2) is 7.14. The minimum atomic E-state index is -3.66. The normalized spacial score (nSPS) is 21.3. The van der Waals surface area contributed by atoms with Gasteiger partial charge in [-0.25, -0.2) is 17.7 Å². The van der Waals surface area contributed by atoms with Gasteiger partial charge in [-0.2, -0.15) is 0 Å². The zero-order valence-electron chi connectivity index (χ0n) is 15.7. The maximum atomic E-state index is 12.5. The van der Waals surface area contributed by atoms with Crippen molar-refractivity contribution in [3.8, 4) is 0 Å². The van der Waals surface area contributed by atoms with Gasteiger partial charge in [-0.05, 0) is 37.6 Å². The van der Waals surface area contributed by atoms with Crippen molar-refractivity contribution in [2.45, 2.75) is 25.8 Å². The molecule has 0 saturated carbocycles. The quantitative estimate of drug-likeness (QED) is 0.750. The molecule has 1 aliphatic heterocycles. The number of guanidine groups is 1. The molecule has 0 saturated heterocycles. The fourth-order valence-electron chi connectivity index (χ4n) is 2.92. The van der Waals surface area contributed by atoms with E-state index in [4.69, 9.17) is 17.3 Å². The monoisotopic (exact) mass is 421 g/mol. The van der Waals surface area contributed by atoms with Crippen molar-refractivity contribution in [2.75, 3.05) is 12.8 Å². The predicted molar refractivity (Wildman–Crippen MR) is 107 cm³/mol. The first-order valence-electron chi connectivity index (χ1n) is 8.45. The van der Waals surface area contributed by atoms with Crippen molar-refractivity contribution in [1.29, 1.82) is 0 Å². The highest BCUT2D eigenvalue weighted by molar-refractivity contribution is 7.89. The summed E-state index contributed by atoms with van der Waals surface area (Å²) in [6.07, 6.45) is 1.62. The van der Waals surface area contributed by atoms with Crippen LogP contribution in [-0.4, -0.2) is 47.2 Å². The zero-order valence-corrected chi connectivity index (χ0v) is 17.3. The Kier molecular flexibility index (Phi) is 5.16. The van der Waals surface area contributed by atoms with Gasteiger partial charge in [0.1, 0.15) is 17.0 Å². The van der Waals surface area contributed by atoms with Gasteiger partial charge < -0.3 is 5.73 Å². The van der Waals surface area contributed by atoms with Crippen LogP contribution in [0.2, 0.25) is 5.02 Å². The molecule has 2 aromatic heterocycles. The number of sulfonamides is 1. The van der Waals surface area contributed by atoms with Crippen LogP contribution >= 0.6 is 11.6 Å². The largest absolute Gasteiger partial charge is 0.369 e. The van der Waals surface area contributed by atoms with Gasteiger partial charge in [-0.15, -0.1) is 0 Å². The van der Waals surface area contributed by atoms with E-state index >= 15 is 0 Å². The third kappa shape index (κ3) is 3.85. The molecule has 0 aromatic carbocycles. The Morgan fingerprint density at radius 3 is 2.64 bits per heavy atom. The molecule has 148 valence electrons. The van der Waals surface area contributed by atoms with E-state index in [2.05, 4.69) is 15.0 Å². The van der Waals surface area contributed by atoms with Crippen molar-refractivity contribution >= 4 is 33.4 Å². The molecule has 2 aromatic rings. The van der Waals surface area contributed by atoms with E-state index in [1.807, 2.05) is 13.0 Å². The lowest BCUT2D eigenvalue weighted by Crippen LogP contribution is -2.50. The molecule has 0 spiro atoms. The molecule has 3 heterocycles. The minimum Gasteiger partial charge on any atom is -0.369 e. The fourth-order valence-corrected chi connectivity index (χ4v) is 4.66. The molecule has 0 bridgehead atoms. The summed E-state index contributed by atoms with van der Waals surface area (Å²) < 4.78 is 25.7. The summed E-state index contributed by atoms with van der Waals surface area (Å²) in [5.74, 6) is -0.678. The summed E-state index contributed by atoms with van der Waals surface area (Å²) >= 11 is 6.29. The number of aromatic nitrogens is 2. The van der Waals surface area contributed by atoms with Crippen LogP contribution in [0.5, 0.6) is 0 Å². The Morgan fingerprint density at radius 1 is 1.32 bits per heavy atom. The number of nitrogens with two attached hydrogens (primary N) is 1. The van der Waals surface area contributed by atoms with E-state index in [0.29, 0.717) is 11.4 Å². The first-order valence-corrected chi connectivity index (χ1v) is 10.4. The zero-order chi connectivity index (χ0) is 20.7. The molecule has 0 amide bonds. The Labute approximate surface area is 168 Å². The number of aliphatic imine (C=N–C) groups is 1. The van der Waals surface area contributed by atoms with E-state index in [0.717, 1.165) is 9.87 Å². The second-order valence-electron chi connectivity index (χ2n) is 6.92. The summed E-state index contributed by atoms with van der Waals surface area (Å²) in [5.41, 5.74) is 6.52. The van der Waals surface area contributed by atoms with Crippen molar-refractivity contribution in [3.05, 3.63) is 58.1 Å². The molecule has 10 heteroatoms. The number of rotatable bonds is 4. The maximum Gasteiger partial charge on any atom is 0.239 e. The smallest absolute Gasteiger partial charge is 0.239 e. The maximum absolute atomic E-state index is 12.5. The highest BCUT2D eigenvalue weighted by Gasteiger charge is 2.42. The van der Waals surface area contributed by atoms with Crippen molar-refractivity contribution in [3.63, 3.8) is 0 Å². The molecule has 0 fully saturated rings. The van der Waals surface area contributed by atoms with Crippen molar-refractivity contribution in [2.24, 2.45) is 10.7 Å². The third-order valence-corrected chi connectivity index (χ3v) is 6.77. The Hall–Kier alpha value is -2.52. The molecule has 0 unspecified atom stereocenters. The van der Waals surface area contributed by atoms with Crippen molar-refractivity contribution in [1.82, 2.24) is 14.3 Å². The lowest BCUT2D eigenvalue weighted by Gasteiger charge is -2.34. The molecular formula is C18H20ClN5O3S. The van der Waals surface area contributed by atoms with Crippen LogP contribution in [0.1, 0.15) is 34.4 Å². The lowest BCUT2D eigenvalue weighted by atomic mass is 9.99. The number of pyridine rings is 2. The van der Waals surface area contributed by atoms with Crippen LogP contribution in [0, 0.1) is 6.92 Å². The Morgan fingerprint density at radius 2 is 2.04 bits per heavy atom. The van der Waals surface area contributed by atoms with Crippen LogP contribution in [0.15, 0.2) is 35.5 Å². The molecule has 3 rings (SSSR count). The average molecular weight is 422 g/mol. The molecule has 28 heavy (non-hydrogen) atoms. The van der Waals surface area contributed by atoms with Crippen LogP contribution in [-0.2, 0) is 22.0 Å². The topological polar surface area (TPSA) is 119 Å². The number of hydrogen-bond donors (Lipinski definition) is 1. The SMILES string of the molecule is Cc1ccc(C(=O)Cc2ccc(Cl)c([C@]3(C)CS(=O)(=O)N(C)C(N)=N3)n2)nc1. The molecule has 0 radical (unpaired) electrons. The van der Waals surface area contributed by atoms with Crippen LogP contribution in [0.25, 0.3) is 0 Å². The highest BCUT2D eigenvalue weighted by Crippen LogP contribution is 2.34. The number of carbonyl (C=O) groups is 1. The van der Waals surface area contributed by atoms with Gasteiger partial charge in [0, 0.05) is 18.9 Å². The summed E-state index contributed by atoms with van der Waals surface area (Å²) in [6.45, 7) is 3.49. The molecule has 1 atom stereocenters. The summed E-state index contributed by atoms with van der Waals surface area (Å²) in [4.78, 5) is 25.4. The summed E-state index contributed by atoms with van der Waals surface area (Å²) in [7, 11) is -2.32. The Balaban J connectivity index is 1.96. The van der Waals surface area contributed by atoms with E-state index < -0.39 is 15.6 Å². The second-order valence-corrected chi connectivity index (χ2v) is 9.33. The standard InChI is InChI=1S/C18H20ClN5O3S/c1-11-4-7-14(21-9-11)15(25)8-12-5-6-13(19)16(22-12)18(2)10-28(26,27)24(3)17(20)23-18/h4-7,9H,8,10H2,1-3H3,(H2,20,23)/t18-/m0/s1. The van der Waals surface area contributed by atoms with Crippen LogP contribution in [0.3, 0.4) is 0 Å². The summed E-state index contributed by atoms with van der Waals surface area (Å²) in [5, 5.41) is 0.253. The number of Topliss-reactive ketones (excluding diaryl/α,β-unsaturated/α-hetero) is 1. The van der Waals surface area contributed by atoms with Gasteiger partial charge in [-0.1, -0.05) is 17.7 Å². The average Bonchev–Trinajstić information content (AvgIpc) is 2.61. The first kappa shape index (κ1) is 20.2. The third-order valence-electron chi connectivity index (χ3n) is 4.52. The van der Waals surface area contributed by atoms with Gasteiger partial charge in [0.25, 0.3) is 0 Å². The van der Waals surface area contributed by atoms with Crippen molar-refractivity contribution < 1.29 is 13.2 Å².